The third-order valence-corrected chi connectivity index (χ3v) is 7.02. The lowest BCUT2D eigenvalue weighted by Crippen LogP contribution is -2.40. The summed E-state index contributed by atoms with van der Waals surface area (Å²) in [5.41, 5.74) is 2.25. The van der Waals surface area contributed by atoms with E-state index in [1.54, 1.807) is 49.4 Å². The molecule has 194 valence electrons. The van der Waals surface area contributed by atoms with Crippen LogP contribution in [0.3, 0.4) is 0 Å². The summed E-state index contributed by atoms with van der Waals surface area (Å²) >= 11 is 1.20. The minimum absolute atomic E-state index is 0.0616. The number of fused-ring (bicyclic) bond motifs is 1. The number of hydrogen-bond acceptors (Lipinski definition) is 7. The van der Waals surface area contributed by atoms with Gasteiger partial charge < -0.3 is 9.47 Å². The van der Waals surface area contributed by atoms with Crippen molar-refractivity contribution in [2.45, 2.75) is 13.0 Å². The number of hydrogen-bond donors (Lipinski definition) is 0. The van der Waals surface area contributed by atoms with Gasteiger partial charge in [-0.25, -0.2) is 14.2 Å². The standard InChI is InChI=1S/C30H22FN3O4S/c1-2-37-29(36)25-26(20-6-4-3-5-7-20)33-30-34(27(25)21-10-12-22(31)13-11-21)28(35)24(39-30)18-19-8-14-23(15-9-19)38-17-16-32/h3-15,18,27H,2,17H2,1H3/t27-/m1/s1. The normalized spacial score (nSPS) is 14.8. The molecule has 9 heteroatoms. The Morgan fingerprint density at radius 1 is 1.10 bits per heavy atom. The topological polar surface area (TPSA) is 93.7 Å². The number of nitrogens with zero attached hydrogens (tertiary/aromatic N) is 3. The zero-order chi connectivity index (χ0) is 27.4. The molecule has 7 nitrogen and oxygen atoms in total. The number of carbonyl (C=O) groups excluding carboxylic acids is 1. The molecular weight excluding hydrogens is 517 g/mol. The van der Waals surface area contributed by atoms with Crippen molar-refractivity contribution in [1.82, 2.24) is 4.57 Å². The molecule has 1 aromatic heterocycles. The molecule has 0 saturated heterocycles. The van der Waals surface area contributed by atoms with Crippen LogP contribution in [0.2, 0.25) is 0 Å². The highest BCUT2D eigenvalue weighted by Crippen LogP contribution is 2.35. The van der Waals surface area contributed by atoms with E-state index in [4.69, 9.17) is 19.7 Å². The first kappa shape index (κ1) is 25.8. The fourth-order valence-electron chi connectivity index (χ4n) is 4.33. The second-order valence-corrected chi connectivity index (χ2v) is 9.51. The predicted molar refractivity (Wildman–Crippen MR) is 145 cm³/mol. The van der Waals surface area contributed by atoms with Gasteiger partial charge in [0.1, 0.15) is 17.6 Å². The van der Waals surface area contributed by atoms with Crippen molar-refractivity contribution in [3.05, 3.63) is 127 Å². The Hall–Kier alpha value is -4.81. The van der Waals surface area contributed by atoms with E-state index >= 15 is 0 Å². The molecule has 0 saturated carbocycles. The van der Waals surface area contributed by atoms with Crippen LogP contribution in [0.5, 0.6) is 5.75 Å². The van der Waals surface area contributed by atoms with Crippen molar-refractivity contribution < 1.29 is 18.7 Å². The van der Waals surface area contributed by atoms with E-state index in [0.717, 1.165) is 5.56 Å². The van der Waals surface area contributed by atoms with E-state index in [9.17, 15) is 14.0 Å². The smallest absolute Gasteiger partial charge is 0.338 e. The minimum atomic E-state index is -0.875. The van der Waals surface area contributed by atoms with Gasteiger partial charge in [0.15, 0.2) is 11.4 Å². The Balaban J connectivity index is 1.73. The Morgan fingerprint density at radius 2 is 1.82 bits per heavy atom. The monoisotopic (exact) mass is 539 g/mol. The summed E-state index contributed by atoms with van der Waals surface area (Å²) in [6.07, 6.45) is 1.73. The van der Waals surface area contributed by atoms with Gasteiger partial charge in [-0.2, -0.15) is 5.26 Å². The number of thiazole rings is 1. The number of nitriles is 1. The van der Waals surface area contributed by atoms with Crippen LogP contribution in [-0.2, 0) is 9.53 Å². The quantitative estimate of drug-likeness (QED) is 0.331. The van der Waals surface area contributed by atoms with Crippen LogP contribution in [0.4, 0.5) is 4.39 Å². The Morgan fingerprint density at radius 3 is 2.49 bits per heavy atom. The molecule has 4 aromatic rings. The van der Waals surface area contributed by atoms with Gasteiger partial charge >= 0.3 is 5.97 Å². The van der Waals surface area contributed by atoms with Crippen LogP contribution >= 0.6 is 11.3 Å². The number of ether oxygens (including phenoxy) is 2. The molecular formula is C30H22FN3O4S. The van der Waals surface area contributed by atoms with E-state index in [1.807, 2.05) is 36.4 Å². The van der Waals surface area contributed by atoms with Gasteiger partial charge in [-0.3, -0.25) is 9.36 Å². The Bertz CT molecular complexity index is 1770. The maximum atomic E-state index is 13.9. The third-order valence-electron chi connectivity index (χ3n) is 6.04. The van der Waals surface area contributed by atoms with Crippen LogP contribution in [-0.4, -0.2) is 23.8 Å². The SMILES string of the molecule is CCOC(=O)C1=C(c2ccccc2)N=c2sc(=Cc3ccc(OCC#N)cc3)c(=O)n2[C@@H]1c1ccc(F)cc1. The van der Waals surface area contributed by atoms with Crippen molar-refractivity contribution in [3.63, 3.8) is 0 Å². The number of aromatic nitrogens is 1. The molecule has 39 heavy (non-hydrogen) atoms. The number of rotatable bonds is 7. The molecule has 0 fully saturated rings. The number of halogens is 1. The van der Waals surface area contributed by atoms with E-state index in [2.05, 4.69) is 0 Å². The summed E-state index contributed by atoms with van der Waals surface area (Å²) in [7, 11) is 0. The van der Waals surface area contributed by atoms with E-state index in [-0.39, 0.29) is 24.3 Å². The van der Waals surface area contributed by atoms with Gasteiger partial charge in [0.05, 0.1) is 28.5 Å². The van der Waals surface area contributed by atoms with Crippen LogP contribution in [0.15, 0.2) is 94.2 Å². The van der Waals surface area contributed by atoms with Crippen LogP contribution < -0.4 is 19.6 Å². The van der Waals surface area contributed by atoms with Crippen LogP contribution in [0.25, 0.3) is 11.8 Å². The Kier molecular flexibility index (Phi) is 7.48. The lowest BCUT2D eigenvalue weighted by molar-refractivity contribution is -0.138. The summed E-state index contributed by atoms with van der Waals surface area (Å²) in [4.78, 5) is 32.4. The van der Waals surface area contributed by atoms with Crippen molar-refractivity contribution in [2.75, 3.05) is 13.2 Å². The summed E-state index contributed by atoms with van der Waals surface area (Å²) in [6.45, 7) is 1.78. The molecule has 0 amide bonds. The predicted octanol–water partition coefficient (Wildman–Crippen LogP) is 3.98. The van der Waals surface area contributed by atoms with Crippen molar-refractivity contribution in [2.24, 2.45) is 4.99 Å². The number of carbonyl (C=O) groups is 1. The molecule has 1 atom stereocenters. The largest absolute Gasteiger partial charge is 0.479 e. The van der Waals surface area contributed by atoms with Gasteiger partial charge in [0, 0.05) is 5.56 Å². The van der Waals surface area contributed by atoms with Gasteiger partial charge in [0.2, 0.25) is 0 Å². The van der Waals surface area contributed by atoms with Crippen LogP contribution in [0.1, 0.15) is 29.7 Å². The van der Waals surface area contributed by atoms with E-state index in [1.165, 1.54) is 28.0 Å². The highest BCUT2D eigenvalue weighted by atomic mass is 32.1. The van der Waals surface area contributed by atoms with Crippen molar-refractivity contribution in [3.8, 4) is 11.8 Å². The molecule has 0 aliphatic carbocycles. The molecule has 5 rings (SSSR count). The summed E-state index contributed by atoms with van der Waals surface area (Å²) in [5, 5.41) is 8.70. The number of benzene rings is 3. The summed E-state index contributed by atoms with van der Waals surface area (Å²) in [5.74, 6) is -0.493. The molecule has 1 aliphatic heterocycles. The fraction of sp³-hybridized carbons (Fsp3) is 0.133. The van der Waals surface area contributed by atoms with Crippen molar-refractivity contribution >= 4 is 29.1 Å². The number of esters is 1. The molecule has 3 aromatic carbocycles. The fourth-order valence-corrected chi connectivity index (χ4v) is 5.33. The molecule has 0 radical (unpaired) electrons. The molecule has 1 aliphatic rings. The maximum absolute atomic E-state index is 13.9. The molecule has 2 heterocycles. The van der Waals surface area contributed by atoms with Crippen molar-refractivity contribution in [1.29, 1.82) is 5.26 Å². The molecule has 0 N–H and O–H groups in total. The first-order chi connectivity index (χ1) is 19.0. The summed E-state index contributed by atoms with van der Waals surface area (Å²) < 4.78 is 26.5. The van der Waals surface area contributed by atoms with Gasteiger partial charge in [-0.15, -0.1) is 0 Å². The van der Waals surface area contributed by atoms with Gasteiger partial charge in [-0.1, -0.05) is 65.9 Å². The molecule has 0 spiro atoms. The van der Waals surface area contributed by atoms with E-state index < -0.39 is 17.8 Å². The zero-order valence-electron chi connectivity index (χ0n) is 20.8. The highest BCUT2D eigenvalue weighted by molar-refractivity contribution is 7.07. The lowest BCUT2D eigenvalue weighted by Gasteiger charge is -2.25. The zero-order valence-corrected chi connectivity index (χ0v) is 21.7. The minimum Gasteiger partial charge on any atom is -0.479 e. The highest BCUT2D eigenvalue weighted by Gasteiger charge is 2.35. The lowest BCUT2D eigenvalue weighted by atomic mass is 9.93. The molecule has 0 bridgehead atoms. The van der Waals surface area contributed by atoms with Gasteiger partial charge in [-0.05, 0) is 48.4 Å². The summed E-state index contributed by atoms with van der Waals surface area (Å²) in [6, 6.07) is 23.0. The average Bonchev–Trinajstić information content (AvgIpc) is 3.27. The average molecular weight is 540 g/mol. The van der Waals surface area contributed by atoms with Crippen LogP contribution in [0, 0.1) is 17.1 Å². The second-order valence-electron chi connectivity index (χ2n) is 8.50. The van der Waals surface area contributed by atoms with Gasteiger partial charge in [0.25, 0.3) is 5.56 Å². The first-order valence-electron chi connectivity index (χ1n) is 12.1. The Labute approximate surface area is 227 Å². The second kappa shape index (κ2) is 11.3. The molecule has 0 unspecified atom stereocenters. The third kappa shape index (κ3) is 5.28. The van der Waals surface area contributed by atoms with E-state index in [0.29, 0.717) is 31.9 Å². The first-order valence-corrected chi connectivity index (χ1v) is 13.0. The maximum Gasteiger partial charge on any atom is 0.338 e.